The van der Waals surface area contributed by atoms with Crippen LogP contribution in [-0.2, 0) is 21.4 Å². The molecule has 1 saturated carbocycles. The van der Waals surface area contributed by atoms with E-state index in [0.29, 0.717) is 56.7 Å². The maximum Gasteiger partial charge on any atom is 0.235 e. The number of aryl methyl sites for hydroxylation is 1. The van der Waals surface area contributed by atoms with Crippen LogP contribution >= 0.6 is 0 Å². The van der Waals surface area contributed by atoms with Gasteiger partial charge in [0.25, 0.3) is 0 Å². The second-order valence-electron chi connectivity index (χ2n) is 10.9. The van der Waals surface area contributed by atoms with Crippen LogP contribution < -0.4 is 15.0 Å². The molecule has 0 bridgehead atoms. The number of carbonyl (C=O) groups excluding carboxylic acids is 2. The summed E-state index contributed by atoms with van der Waals surface area (Å²) in [4.78, 5) is 34.0. The van der Waals surface area contributed by atoms with Gasteiger partial charge in [-0.3, -0.25) is 19.4 Å². The molecule has 6 rings (SSSR count). The molecule has 1 spiro atoms. The predicted octanol–water partition coefficient (Wildman–Crippen LogP) is 2.34. The second-order valence-corrected chi connectivity index (χ2v) is 10.9. The lowest BCUT2D eigenvalue weighted by Crippen LogP contribution is -2.57. The van der Waals surface area contributed by atoms with Crippen molar-refractivity contribution in [3.8, 4) is 11.5 Å². The summed E-state index contributed by atoms with van der Waals surface area (Å²) in [6, 6.07) is 7.08. The molecule has 3 N–H and O–H groups in total. The minimum absolute atomic E-state index is 0.00564. The molecule has 1 aliphatic carbocycles. The Balaban J connectivity index is 1.05. The third-order valence-electron chi connectivity index (χ3n) is 8.33. The number of likely N-dealkylation sites (tertiary alicyclic amines) is 1. The monoisotopic (exact) mass is 492 g/mol. The Morgan fingerprint density at radius 3 is 2.69 bits per heavy atom. The van der Waals surface area contributed by atoms with E-state index < -0.39 is 11.0 Å². The van der Waals surface area contributed by atoms with Gasteiger partial charge < -0.3 is 20.3 Å². The first-order valence-corrected chi connectivity index (χ1v) is 12.8. The SMILES string of the molecule is CC1(O)CC(N2C(=O)CCc3cc(OCCN4CCC5(CC4)C(=O)Nc4ccc(O)cc45)cnc32)C1. The topological polar surface area (TPSA) is 115 Å². The standard InChI is InChI=1S/C27H32N4O5/c1-26(35)14-18(15-26)31-23(33)5-2-17-12-20(16-28-24(17)31)36-11-10-30-8-6-27(7-9-30)21-13-19(32)3-4-22(21)29-25(27)34/h3-4,12-13,16,18,32,35H,2,5-11,14-15H2,1H3,(H,29,34). The Labute approximate surface area is 210 Å². The van der Waals surface area contributed by atoms with Crippen LogP contribution in [0.3, 0.4) is 0 Å². The van der Waals surface area contributed by atoms with Crippen LogP contribution in [0.1, 0.15) is 50.2 Å². The molecule has 0 radical (unpaired) electrons. The van der Waals surface area contributed by atoms with Crippen LogP contribution in [0.15, 0.2) is 30.5 Å². The smallest absolute Gasteiger partial charge is 0.235 e. The molecule has 2 amide bonds. The zero-order valence-corrected chi connectivity index (χ0v) is 20.5. The lowest BCUT2D eigenvalue weighted by Gasteiger charge is -2.47. The highest BCUT2D eigenvalue weighted by molar-refractivity contribution is 6.06. The summed E-state index contributed by atoms with van der Waals surface area (Å²) in [5.74, 6) is 1.67. The number of anilines is 2. The third kappa shape index (κ3) is 3.90. The maximum atomic E-state index is 12.8. The van der Waals surface area contributed by atoms with Crippen molar-refractivity contribution in [2.75, 3.05) is 36.5 Å². The predicted molar refractivity (Wildman–Crippen MR) is 133 cm³/mol. The van der Waals surface area contributed by atoms with E-state index >= 15 is 0 Å². The van der Waals surface area contributed by atoms with E-state index in [1.165, 1.54) is 0 Å². The Morgan fingerprint density at radius 2 is 1.94 bits per heavy atom. The molecular formula is C27H32N4O5. The fraction of sp³-hybridized carbons (Fsp3) is 0.519. The molecule has 2 fully saturated rings. The molecule has 9 nitrogen and oxygen atoms in total. The fourth-order valence-electron chi connectivity index (χ4n) is 6.30. The highest BCUT2D eigenvalue weighted by Gasteiger charge is 2.48. The quantitative estimate of drug-likeness (QED) is 0.549. The Morgan fingerprint density at radius 1 is 1.17 bits per heavy atom. The lowest BCUT2D eigenvalue weighted by atomic mass is 9.73. The van der Waals surface area contributed by atoms with Crippen LogP contribution in [0.4, 0.5) is 11.5 Å². The Bertz CT molecular complexity index is 1210. The third-order valence-corrected chi connectivity index (χ3v) is 8.33. The second kappa shape index (κ2) is 8.45. The molecule has 4 aliphatic rings. The number of fused-ring (bicyclic) bond motifs is 3. The van der Waals surface area contributed by atoms with E-state index in [4.69, 9.17) is 4.74 Å². The van der Waals surface area contributed by atoms with Crippen molar-refractivity contribution in [1.29, 1.82) is 0 Å². The number of aliphatic hydroxyl groups is 1. The first-order chi connectivity index (χ1) is 17.2. The number of hydrogen-bond donors (Lipinski definition) is 3. The van der Waals surface area contributed by atoms with Gasteiger partial charge in [-0.2, -0.15) is 0 Å². The van der Waals surface area contributed by atoms with Crippen molar-refractivity contribution in [2.24, 2.45) is 0 Å². The van der Waals surface area contributed by atoms with Gasteiger partial charge in [-0.15, -0.1) is 0 Å². The molecule has 4 heterocycles. The van der Waals surface area contributed by atoms with Crippen LogP contribution in [0.5, 0.6) is 11.5 Å². The molecule has 0 atom stereocenters. The number of nitrogens with one attached hydrogen (secondary N) is 1. The number of phenols is 1. The van der Waals surface area contributed by atoms with E-state index in [-0.39, 0.29) is 23.6 Å². The summed E-state index contributed by atoms with van der Waals surface area (Å²) < 4.78 is 6.02. The van der Waals surface area contributed by atoms with Gasteiger partial charge in [-0.1, -0.05) is 0 Å². The van der Waals surface area contributed by atoms with E-state index in [2.05, 4.69) is 15.2 Å². The van der Waals surface area contributed by atoms with Crippen LogP contribution in [0, 0.1) is 0 Å². The zero-order chi connectivity index (χ0) is 25.1. The van der Waals surface area contributed by atoms with Gasteiger partial charge in [0, 0.05) is 24.7 Å². The Hall–Kier alpha value is -3.17. The average molecular weight is 493 g/mol. The van der Waals surface area contributed by atoms with E-state index in [1.54, 1.807) is 36.2 Å². The maximum absolute atomic E-state index is 12.8. The molecule has 1 saturated heterocycles. The van der Waals surface area contributed by atoms with Crippen LogP contribution in [0.25, 0.3) is 0 Å². The highest BCUT2D eigenvalue weighted by atomic mass is 16.5. The van der Waals surface area contributed by atoms with E-state index in [1.807, 2.05) is 6.07 Å². The number of ether oxygens (including phenoxy) is 1. The minimum atomic E-state index is -0.702. The van der Waals surface area contributed by atoms with Crippen molar-refractivity contribution in [1.82, 2.24) is 9.88 Å². The molecule has 190 valence electrons. The number of amides is 2. The molecule has 2 aromatic rings. The number of hydrogen-bond acceptors (Lipinski definition) is 7. The van der Waals surface area contributed by atoms with Gasteiger partial charge in [0.2, 0.25) is 11.8 Å². The minimum Gasteiger partial charge on any atom is -0.508 e. The summed E-state index contributed by atoms with van der Waals surface area (Å²) in [5.41, 5.74) is 1.45. The molecule has 3 aliphatic heterocycles. The van der Waals surface area contributed by atoms with Gasteiger partial charge in [0.1, 0.15) is 23.9 Å². The number of aromatic hydroxyl groups is 1. The van der Waals surface area contributed by atoms with E-state index in [9.17, 15) is 19.8 Å². The van der Waals surface area contributed by atoms with E-state index in [0.717, 1.165) is 36.4 Å². The number of phenolic OH excluding ortho intramolecular Hbond substituents is 1. The normalized spacial score (nSPS) is 26.8. The summed E-state index contributed by atoms with van der Waals surface area (Å²) in [7, 11) is 0. The van der Waals surface area contributed by atoms with Crippen molar-refractivity contribution in [3.63, 3.8) is 0 Å². The van der Waals surface area contributed by atoms with Crippen molar-refractivity contribution in [3.05, 3.63) is 41.6 Å². The summed E-state index contributed by atoms with van der Waals surface area (Å²) in [5, 5.41) is 23.0. The molecule has 36 heavy (non-hydrogen) atoms. The van der Waals surface area contributed by atoms with Gasteiger partial charge in [-0.25, -0.2) is 4.98 Å². The van der Waals surface area contributed by atoms with Gasteiger partial charge in [0.15, 0.2) is 0 Å². The average Bonchev–Trinajstić information content (AvgIpc) is 3.09. The van der Waals surface area contributed by atoms with Crippen LogP contribution in [0.2, 0.25) is 0 Å². The van der Waals surface area contributed by atoms with Crippen LogP contribution in [-0.4, -0.2) is 69.8 Å². The summed E-state index contributed by atoms with van der Waals surface area (Å²) in [6.07, 6.45) is 5.32. The Kier molecular flexibility index (Phi) is 5.46. The number of rotatable bonds is 5. The number of carbonyl (C=O) groups is 2. The zero-order valence-electron chi connectivity index (χ0n) is 20.5. The van der Waals surface area contributed by atoms with Crippen molar-refractivity contribution in [2.45, 2.75) is 62.5 Å². The first kappa shape index (κ1) is 23.2. The summed E-state index contributed by atoms with van der Waals surface area (Å²) in [6.45, 7) is 4.60. The number of aromatic nitrogens is 1. The van der Waals surface area contributed by atoms with Crippen molar-refractivity contribution < 1.29 is 24.5 Å². The molecule has 0 unspecified atom stereocenters. The van der Waals surface area contributed by atoms with Gasteiger partial charge >= 0.3 is 0 Å². The number of benzene rings is 1. The van der Waals surface area contributed by atoms with Gasteiger partial charge in [0.05, 0.1) is 17.2 Å². The number of piperidine rings is 1. The van der Waals surface area contributed by atoms with Crippen molar-refractivity contribution >= 4 is 23.3 Å². The molecule has 9 heteroatoms. The number of nitrogens with zero attached hydrogens (tertiary/aromatic N) is 3. The fourth-order valence-corrected chi connectivity index (χ4v) is 6.30. The largest absolute Gasteiger partial charge is 0.508 e. The lowest BCUT2D eigenvalue weighted by molar-refractivity contribution is -0.123. The first-order valence-electron chi connectivity index (χ1n) is 12.8. The number of pyridine rings is 1. The van der Waals surface area contributed by atoms with Gasteiger partial charge in [-0.05, 0) is 87.5 Å². The highest BCUT2D eigenvalue weighted by Crippen LogP contribution is 2.46. The molecule has 1 aromatic heterocycles. The summed E-state index contributed by atoms with van der Waals surface area (Å²) >= 11 is 0. The molecule has 1 aromatic carbocycles. The molecular weight excluding hydrogens is 460 g/mol.